The summed E-state index contributed by atoms with van der Waals surface area (Å²) in [6, 6.07) is 10.1. The summed E-state index contributed by atoms with van der Waals surface area (Å²) in [5.41, 5.74) is 7.74. The predicted octanol–water partition coefficient (Wildman–Crippen LogP) is 3.91. The van der Waals surface area contributed by atoms with Gasteiger partial charge in [0, 0.05) is 19.3 Å². The van der Waals surface area contributed by atoms with Gasteiger partial charge in [0.25, 0.3) is 0 Å². The molecule has 0 saturated heterocycles. The molecule has 0 unspecified atom stereocenters. The van der Waals surface area contributed by atoms with Gasteiger partial charge in [0.15, 0.2) is 0 Å². The van der Waals surface area contributed by atoms with Gasteiger partial charge >= 0.3 is 5.97 Å². The van der Waals surface area contributed by atoms with Crippen LogP contribution < -0.4 is 10.6 Å². The van der Waals surface area contributed by atoms with Crippen molar-refractivity contribution < 1.29 is 9.90 Å². The minimum Gasteiger partial charge on any atom is -0.478 e. The molecule has 21 heavy (non-hydrogen) atoms. The maximum atomic E-state index is 11.3. The number of rotatable bonds is 4. The number of halogens is 2. The highest BCUT2D eigenvalue weighted by Gasteiger charge is 2.14. The third-order valence-electron chi connectivity index (χ3n) is 3.07. The molecule has 2 aromatic carbocycles. The Labute approximate surface area is 132 Å². The van der Waals surface area contributed by atoms with Crippen LogP contribution in [0.15, 0.2) is 36.4 Å². The summed E-state index contributed by atoms with van der Waals surface area (Å²) in [5, 5.41) is 10.2. The molecule has 3 N–H and O–H groups in total. The molecule has 0 saturated carbocycles. The zero-order valence-corrected chi connectivity index (χ0v) is 12.8. The van der Waals surface area contributed by atoms with Crippen LogP contribution in [0, 0.1) is 0 Å². The van der Waals surface area contributed by atoms with E-state index in [1.54, 1.807) is 31.3 Å². The maximum absolute atomic E-state index is 11.3. The first-order chi connectivity index (χ1) is 9.88. The van der Waals surface area contributed by atoms with Crippen LogP contribution in [-0.4, -0.2) is 18.1 Å². The van der Waals surface area contributed by atoms with E-state index in [1.165, 1.54) is 6.07 Å². The largest absolute Gasteiger partial charge is 0.478 e. The molecule has 0 atom stereocenters. The Bertz CT molecular complexity index is 689. The van der Waals surface area contributed by atoms with Crippen LogP contribution in [0.3, 0.4) is 0 Å². The summed E-state index contributed by atoms with van der Waals surface area (Å²) in [5.74, 6) is -1.02. The van der Waals surface area contributed by atoms with Crippen LogP contribution >= 0.6 is 23.2 Å². The minimum absolute atomic E-state index is 0.164. The quantitative estimate of drug-likeness (QED) is 0.837. The molecule has 0 fully saturated rings. The van der Waals surface area contributed by atoms with E-state index < -0.39 is 5.97 Å². The van der Waals surface area contributed by atoms with Crippen molar-refractivity contribution in [3.05, 3.63) is 57.6 Å². The van der Waals surface area contributed by atoms with E-state index in [0.717, 1.165) is 5.56 Å². The summed E-state index contributed by atoms with van der Waals surface area (Å²) in [4.78, 5) is 13.1. The third kappa shape index (κ3) is 3.60. The molecule has 0 bridgehead atoms. The first-order valence-corrected chi connectivity index (χ1v) is 6.92. The monoisotopic (exact) mass is 324 g/mol. The van der Waals surface area contributed by atoms with Gasteiger partial charge in [-0.25, -0.2) is 4.79 Å². The van der Waals surface area contributed by atoms with Crippen LogP contribution in [-0.2, 0) is 6.54 Å². The first-order valence-electron chi connectivity index (χ1n) is 6.16. The predicted molar refractivity (Wildman–Crippen MR) is 86.4 cm³/mol. The normalized spacial score (nSPS) is 10.4. The summed E-state index contributed by atoms with van der Waals surface area (Å²) < 4.78 is 0. The average Bonchev–Trinajstić information content (AvgIpc) is 2.42. The van der Waals surface area contributed by atoms with Crippen LogP contribution in [0.1, 0.15) is 15.9 Å². The number of carboxylic acids is 1. The number of benzene rings is 2. The van der Waals surface area contributed by atoms with E-state index in [-0.39, 0.29) is 5.56 Å². The number of hydrogen-bond donors (Lipinski definition) is 2. The highest BCUT2D eigenvalue weighted by Crippen LogP contribution is 2.26. The van der Waals surface area contributed by atoms with Crippen LogP contribution in [0.25, 0.3) is 0 Å². The fraction of sp³-hybridized carbons (Fsp3) is 0.133. The Hall–Kier alpha value is -1.91. The Morgan fingerprint density at radius 1 is 1.19 bits per heavy atom. The van der Waals surface area contributed by atoms with Gasteiger partial charge in [-0.15, -0.1) is 0 Å². The van der Waals surface area contributed by atoms with Gasteiger partial charge in [0.1, 0.15) is 0 Å². The van der Waals surface area contributed by atoms with Gasteiger partial charge in [0.2, 0.25) is 0 Å². The molecule has 110 valence electrons. The lowest BCUT2D eigenvalue weighted by Crippen LogP contribution is -2.19. The molecule has 0 aliphatic rings. The lowest BCUT2D eigenvalue weighted by molar-refractivity contribution is 0.0697. The Morgan fingerprint density at radius 3 is 2.52 bits per heavy atom. The number of carboxylic acid groups (broad SMARTS) is 1. The molecule has 0 amide bonds. The fourth-order valence-electron chi connectivity index (χ4n) is 2.05. The molecule has 2 aromatic rings. The molecule has 0 spiro atoms. The number of anilines is 2. The van der Waals surface area contributed by atoms with Crippen molar-refractivity contribution in [3.63, 3.8) is 0 Å². The van der Waals surface area contributed by atoms with E-state index in [2.05, 4.69) is 0 Å². The minimum atomic E-state index is -1.02. The summed E-state index contributed by atoms with van der Waals surface area (Å²) in [6.07, 6.45) is 0. The zero-order chi connectivity index (χ0) is 15.6. The van der Waals surface area contributed by atoms with E-state index in [4.69, 9.17) is 28.9 Å². The molecule has 6 heteroatoms. The van der Waals surface area contributed by atoms with Crippen molar-refractivity contribution in [1.29, 1.82) is 0 Å². The second-order valence-electron chi connectivity index (χ2n) is 4.69. The van der Waals surface area contributed by atoms with E-state index in [1.807, 2.05) is 11.0 Å². The maximum Gasteiger partial charge on any atom is 0.337 e. The van der Waals surface area contributed by atoms with Crippen molar-refractivity contribution >= 4 is 40.5 Å². The average molecular weight is 325 g/mol. The standard InChI is InChI=1S/C15H14Cl2N2O2/c1-19(8-9-2-4-12(16)13(17)6-9)14-5-3-10(18)7-11(14)15(20)21/h2-7H,8,18H2,1H3,(H,20,21). The molecule has 0 heterocycles. The van der Waals surface area contributed by atoms with Crippen molar-refractivity contribution in [2.45, 2.75) is 6.54 Å². The summed E-state index contributed by atoms with van der Waals surface area (Å²) in [7, 11) is 1.81. The van der Waals surface area contributed by atoms with E-state index in [9.17, 15) is 9.90 Å². The third-order valence-corrected chi connectivity index (χ3v) is 3.81. The lowest BCUT2D eigenvalue weighted by Gasteiger charge is -2.22. The van der Waals surface area contributed by atoms with Gasteiger partial charge in [-0.05, 0) is 35.9 Å². The van der Waals surface area contributed by atoms with Gasteiger partial charge in [-0.3, -0.25) is 0 Å². The van der Waals surface area contributed by atoms with Crippen molar-refractivity contribution in [3.8, 4) is 0 Å². The first kappa shape index (κ1) is 15.5. The lowest BCUT2D eigenvalue weighted by atomic mass is 10.1. The molecule has 0 aliphatic heterocycles. The Kier molecular flexibility index (Phi) is 4.60. The number of hydrogen-bond acceptors (Lipinski definition) is 3. The second kappa shape index (κ2) is 6.24. The zero-order valence-electron chi connectivity index (χ0n) is 11.3. The number of carbonyl (C=O) groups is 1. The number of aromatic carboxylic acids is 1. The molecular weight excluding hydrogens is 311 g/mol. The number of nitrogen functional groups attached to an aromatic ring is 1. The second-order valence-corrected chi connectivity index (χ2v) is 5.50. The van der Waals surface area contributed by atoms with Crippen LogP contribution in [0.5, 0.6) is 0 Å². The highest BCUT2D eigenvalue weighted by atomic mass is 35.5. The van der Waals surface area contributed by atoms with Gasteiger partial charge in [0.05, 0.1) is 21.3 Å². The molecule has 0 aliphatic carbocycles. The fourth-order valence-corrected chi connectivity index (χ4v) is 2.38. The molecule has 0 radical (unpaired) electrons. The van der Waals surface area contributed by atoms with E-state index >= 15 is 0 Å². The van der Waals surface area contributed by atoms with Gasteiger partial charge < -0.3 is 15.7 Å². The molecule has 4 nitrogen and oxygen atoms in total. The SMILES string of the molecule is CN(Cc1ccc(Cl)c(Cl)c1)c1ccc(N)cc1C(=O)O. The Balaban J connectivity index is 2.29. The summed E-state index contributed by atoms with van der Waals surface area (Å²) in [6.45, 7) is 0.501. The van der Waals surface area contributed by atoms with Gasteiger partial charge in [-0.1, -0.05) is 29.3 Å². The van der Waals surface area contributed by atoms with Crippen molar-refractivity contribution in [2.75, 3.05) is 17.7 Å². The Morgan fingerprint density at radius 2 is 1.90 bits per heavy atom. The van der Waals surface area contributed by atoms with Crippen LogP contribution in [0.4, 0.5) is 11.4 Å². The topological polar surface area (TPSA) is 66.6 Å². The summed E-state index contributed by atoms with van der Waals surface area (Å²) >= 11 is 11.9. The van der Waals surface area contributed by atoms with E-state index in [0.29, 0.717) is 28.0 Å². The highest BCUT2D eigenvalue weighted by molar-refractivity contribution is 6.42. The van der Waals surface area contributed by atoms with Gasteiger partial charge in [-0.2, -0.15) is 0 Å². The molecular formula is C15H14Cl2N2O2. The van der Waals surface area contributed by atoms with Crippen LogP contribution in [0.2, 0.25) is 10.0 Å². The molecule has 0 aromatic heterocycles. The molecule has 2 rings (SSSR count). The van der Waals surface area contributed by atoms with Crippen molar-refractivity contribution in [2.24, 2.45) is 0 Å². The number of nitrogens with zero attached hydrogens (tertiary/aromatic N) is 1. The van der Waals surface area contributed by atoms with Crippen molar-refractivity contribution in [1.82, 2.24) is 0 Å². The number of nitrogens with two attached hydrogens (primary N) is 1. The smallest absolute Gasteiger partial charge is 0.337 e.